The molecule has 0 aliphatic carbocycles. The molecule has 0 saturated carbocycles. The van der Waals surface area contributed by atoms with Gasteiger partial charge in [-0.2, -0.15) is 5.26 Å². The van der Waals surface area contributed by atoms with Crippen molar-refractivity contribution in [1.29, 1.82) is 5.26 Å². The molecule has 0 N–H and O–H groups in total. The van der Waals surface area contributed by atoms with Crippen LogP contribution >= 0.6 is 0 Å². The standard InChI is InChI=1S/C13H23N3O2/c1-12(2,3)18-11(17)16(5)13(10-14)6-8-15(4)9-7-13/h6-9H2,1-5H3. The number of ether oxygens (including phenoxy) is 1. The summed E-state index contributed by atoms with van der Waals surface area (Å²) in [6, 6.07) is 2.30. The van der Waals surface area contributed by atoms with E-state index >= 15 is 0 Å². The number of rotatable bonds is 1. The van der Waals surface area contributed by atoms with E-state index in [0.29, 0.717) is 12.8 Å². The Balaban J connectivity index is 2.77. The van der Waals surface area contributed by atoms with E-state index in [4.69, 9.17) is 4.74 Å². The molecule has 5 nitrogen and oxygen atoms in total. The van der Waals surface area contributed by atoms with Crippen molar-refractivity contribution in [2.75, 3.05) is 27.2 Å². The zero-order chi connectivity index (χ0) is 14.0. The van der Waals surface area contributed by atoms with Gasteiger partial charge < -0.3 is 9.64 Å². The Morgan fingerprint density at radius 1 is 1.39 bits per heavy atom. The summed E-state index contributed by atoms with van der Waals surface area (Å²) in [7, 11) is 3.68. The highest BCUT2D eigenvalue weighted by Gasteiger charge is 2.41. The fraction of sp³-hybridized carbons (Fsp3) is 0.846. The average Bonchev–Trinajstić information content (AvgIpc) is 2.27. The van der Waals surface area contributed by atoms with Crippen LogP contribution < -0.4 is 0 Å². The lowest BCUT2D eigenvalue weighted by Crippen LogP contribution is -2.55. The molecule has 1 saturated heterocycles. The van der Waals surface area contributed by atoms with Crippen molar-refractivity contribution >= 4 is 6.09 Å². The highest BCUT2D eigenvalue weighted by Crippen LogP contribution is 2.28. The molecule has 1 aliphatic rings. The van der Waals surface area contributed by atoms with Crippen molar-refractivity contribution in [3.05, 3.63) is 0 Å². The molecule has 0 unspecified atom stereocenters. The number of hydrogen-bond acceptors (Lipinski definition) is 4. The number of piperidine rings is 1. The minimum Gasteiger partial charge on any atom is -0.444 e. The molecule has 0 aromatic carbocycles. The molecule has 0 spiro atoms. The van der Waals surface area contributed by atoms with Crippen molar-refractivity contribution in [3.8, 4) is 6.07 Å². The molecule has 1 aliphatic heterocycles. The van der Waals surface area contributed by atoms with Gasteiger partial charge in [0.2, 0.25) is 0 Å². The van der Waals surface area contributed by atoms with Gasteiger partial charge in [0.1, 0.15) is 11.1 Å². The molecule has 102 valence electrons. The minimum atomic E-state index is -0.727. The second-order valence-electron chi connectivity index (χ2n) is 5.99. The van der Waals surface area contributed by atoms with Crippen LogP contribution in [0.3, 0.4) is 0 Å². The molecular weight excluding hydrogens is 230 g/mol. The lowest BCUT2D eigenvalue weighted by Gasteiger charge is -2.41. The average molecular weight is 253 g/mol. The summed E-state index contributed by atoms with van der Waals surface area (Å²) >= 11 is 0. The predicted octanol–water partition coefficient (Wildman–Crippen LogP) is 1.84. The molecular formula is C13H23N3O2. The third-order valence-corrected chi connectivity index (χ3v) is 3.33. The number of likely N-dealkylation sites (tertiary alicyclic amines) is 1. The third kappa shape index (κ3) is 3.36. The van der Waals surface area contributed by atoms with Gasteiger partial charge in [-0.3, -0.25) is 4.90 Å². The fourth-order valence-corrected chi connectivity index (χ4v) is 2.02. The van der Waals surface area contributed by atoms with Crippen LogP contribution in [0.4, 0.5) is 4.79 Å². The van der Waals surface area contributed by atoms with Crippen LogP contribution in [0.15, 0.2) is 0 Å². The second-order valence-corrected chi connectivity index (χ2v) is 5.99. The van der Waals surface area contributed by atoms with Crippen molar-refractivity contribution in [2.24, 2.45) is 0 Å². The number of amides is 1. The van der Waals surface area contributed by atoms with Crippen molar-refractivity contribution < 1.29 is 9.53 Å². The number of carbonyl (C=O) groups is 1. The first-order valence-electron chi connectivity index (χ1n) is 6.27. The molecule has 1 amide bonds. The Kier molecular flexibility index (Phi) is 4.23. The Bertz CT molecular complexity index is 346. The Hall–Kier alpha value is -1.28. The van der Waals surface area contributed by atoms with Gasteiger partial charge in [0.15, 0.2) is 0 Å². The molecule has 0 radical (unpaired) electrons. The number of nitrogens with zero attached hydrogens (tertiary/aromatic N) is 3. The van der Waals surface area contributed by atoms with Gasteiger partial charge in [-0.25, -0.2) is 4.79 Å². The highest BCUT2D eigenvalue weighted by molar-refractivity contribution is 5.69. The molecule has 1 fully saturated rings. The summed E-state index contributed by atoms with van der Waals surface area (Å²) in [5, 5.41) is 9.43. The summed E-state index contributed by atoms with van der Waals surface area (Å²) in [5.41, 5.74) is -1.26. The molecule has 1 heterocycles. The van der Waals surface area contributed by atoms with Gasteiger partial charge >= 0.3 is 6.09 Å². The van der Waals surface area contributed by atoms with Gasteiger partial charge in [0.25, 0.3) is 0 Å². The minimum absolute atomic E-state index is 0.423. The summed E-state index contributed by atoms with van der Waals surface area (Å²) in [5.74, 6) is 0. The Labute approximate surface area is 109 Å². The van der Waals surface area contributed by atoms with Gasteiger partial charge in [0.05, 0.1) is 6.07 Å². The fourth-order valence-electron chi connectivity index (χ4n) is 2.02. The van der Waals surface area contributed by atoms with Crippen molar-refractivity contribution in [1.82, 2.24) is 9.80 Å². The maximum Gasteiger partial charge on any atom is 0.411 e. The summed E-state index contributed by atoms with van der Waals surface area (Å²) < 4.78 is 5.33. The zero-order valence-electron chi connectivity index (χ0n) is 12.0. The van der Waals surface area contributed by atoms with Crippen molar-refractivity contribution in [3.63, 3.8) is 0 Å². The van der Waals surface area contributed by atoms with Crippen LogP contribution in [0.25, 0.3) is 0 Å². The maximum absolute atomic E-state index is 12.0. The van der Waals surface area contributed by atoms with Crippen molar-refractivity contribution in [2.45, 2.75) is 44.8 Å². The molecule has 0 atom stereocenters. The predicted molar refractivity (Wildman–Crippen MR) is 69.1 cm³/mol. The number of nitriles is 1. The molecule has 0 bridgehead atoms. The first-order valence-corrected chi connectivity index (χ1v) is 6.27. The normalized spacial score (nSPS) is 20.0. The monoisotopic (exact) mass is 253 g/mol. The molecule has 0 aromatic rings. The van der Waals surface area contributed by atoms with E-state index in [1.807, 2.05) is 27.8 Å². The second kappa shape index (κ2) is 5.15. The van der Waals surface area contributed by atoms with E-state index in [9.17, 15) is 10.1 Å². The van der Waals surface area contributed by atoms with E-state index in [2.05, 4.69) is 11.0 Å². The number of hydrogen-bond donors (Lipinski definition) is 0. The first-order chi connectivity index (χ1) is 8.20. The Morgan fingerprint density at radius 3 is 2.28 bits per heavy atom. The quantitative estimate of drug-likeness (QED) is 0.715. The van der Waals surface area contributed by atoms with Gasteiger partial charge in [-0.1, -0.05) is 0 Å². The first kappa shape index (κ1) is 14.8. The summed E-state index contributed by atoms with van der Waals surface area (Å²) in [6.07, 6.45) is 0.902. The van der Waals surface area contributed by atoms with E-state index in [0.717, 1.165) is 13.1 Å². The highest BCUT2D eigenvalue weighted by atomic mass is 16.6. The van der Waals surface area contributed by atoms with Crippen LogP contribution in [0.1, 0.15) is 33.6 Å². The van der Waals surface area contributed by atoms with E-state index in [-0.39, 0.29) is 0 Å². The van der Waals surface area contributed by atoms with Gasteiger partial charge in [-0.15, -0.1) is 0 Å². The van der Waals surface area contributed by atoms with Crippen LogP contribution in [0.2, 0.25) is 0 Å². The van der Waals surface area contributed by atoms with E-state index in [1.165, 1.54) is 4.90 Å². The molecule has 5 heteroatoms. The third-order valence-electron chi connectivity index (χ3n) is 3.33. The smallest absolute Gasteiger partial charge is 0.411 e. The SMILES string of the molecule is CN1CCC(C#N)(N(C)C(=O)OC(C)(C)C)CC1. The topological polar surface area (TPSA) is 56.6 Å². The maximum atomic E-state index is 12.0. The van der Waals surface area contributed by atoms with Crippen LogP contribution in [0, 0.1) is 11.3 Å². The molecule has 18 heavy (non-hydrogen) atoms. The number of carbonyl (C=O) groups excluding carboxylic acids is 1. The van der Waals surface area contributed by atoms with Gasteiger partial charge in [0, 0.05) is 20.1 Å². The molecule has 0 aromatic heterocycles. The van der Waals surface area contributed by atoms with E-state index < -0.39 is 17.2 Å². The van der Waals surface area contributed by atoms with Crippen LogP contribution in [-0.4, -0.2) is 54.2 Å². The van der Waals surface area contributed by atoms with Crippen LogP contribution in [-0.2, 0) is 4.74 Å². The summed E-state index contributed by atoms with van der Waals surface area (Å²) in [4.78, 5) is 15.7. The Morgan fingerprint density at radius 2 is 1.89 bits per heavy atom. The largest absolute Gasteiger partial charge is 0.444 e. The van der Waals surface area contributed by atoms with Crippen LogP contribution in [0.5, 0.6) is 0 Å². The van der Waals surface area contributed by atoms with E-state index in [1.54, 1.807) is 7.05 Å². The lowest BCUT2D eigenvalue weighted by molar-refractivity contribution is 0.00408. The summed E-state index contributed by atoms with van der Waals surface area (Å²) in [6.45, 7) is 7.12. The lowest BCUT2D eigenvalue weighted by atomic mass is 9.88. The van der Waals surface area contributed by atoms with Gasteiger partial charge in [-0.05, 0) is 40.7 Å². The zero-order valence-corrected chi connectivity index (χ0v) is 12.0. The molecule has 1 rings (SSSR count).